The number of carbonyl (C=O) groups is 1. The Hall–Kier alpha value is -3.41. The first-order valence-corrected chi connectivity index (χ1v) is 8.51. The van der Waals surface area contributed by atoms with E-state index in [1.54, 1.807) is 25.4 Å². The Labute approximate surface area is 159 Å². The maximum atomic E-state index is 12.6. The molecule has 0 aromatic carbocycles. The van der Waals surface area contributed by atoms with Crippen molar-refractivity contribution in [2.24, 2.45) is 7.05 Å². The summed E-state index contributed by atoms with van der Waals surface area (Å²) < 4.78 is 4.52. The third-order valence-electron chi connectivity index (χ3n) is 3.78. The summed E-state index contributed by atoms with van der Waals surface area (Å²) >= 11 is 3.24. The largest absolute Gasteiger partial charge is 0.321 e. The van der Waals surface area contributed by atoms with Gasteiger partial charge in [0, 0.05) is 13.2 Å². The first-order valence-electron chi connectivity index (χ1n) is 7.72. The Morgan fingerprint density at radius 3 is 2.93 bits per heavy atom. The van der Waals surface area contributed by atoms with E-state index >= 15 is 0 Å². The lowest BCUT2D eigenvalue weighted by molar-refractivity contribution is -0.116. The van der Waals surface area contributed by atoms with Crippen LogP contribution < -0.4 is 10.9 Å². The minimum atomic E-state index is -0.410. The molecular formula is C15H12BrN9O2. The number of pyridine rings is 1. The van der Waals surface area contributed by atoms with Crippen molar-refractivity contribution in [3.63, 3.8) is 0 Å². The molecule has 0 aliphatic rings. The first-order chi connectivity index (χ1) is 13.0. The third kappa shape index (κ3) is 3.10. The molecule has 0 radical (unpaired) electrons. The molecule has 27 heavy (non-hydrogen) atoms. The lowest BCUT2D eigenvalue weighted by Gasteiger charge is -2.10. The van der Waals surface area contributed by atoms with Gasteiger partial charge in [0.1, 0.15) is 35.5 Å². The maximum absolute atomic E-state index is 12.6. The van der Waals surface area contributed by atoms with Crippen LogP contribution in [0.2, 0.25) is 0 Å². The highest BCUT2D eigenvalue weighted by Gasteiger charge is 2.16. The molecule has 0 saturated carbocycles. The number of carbonyl (C=O) groups excluding carboxylic acids is 1. The average molecular weight is 430 g/mol. The van der Waals surface area contributed by atoms with Crippen LogP contribution in [0.5, 0.6) is 0 Å². The number of hydrogen-bond acceptors (Lipinski definition) is 7. The van der Waals surface area contributed by atoms with Crippen molar-refractivity contribution in [2.45, 2.75) is 6.54 Å². The van der Waals surface area contributed by atoms with Crippen LogP contribution in [0.4, 0.5) is 5.69 Å². The van der Waals surface area contributed by atoms with Crippen LogP contribution in [0, 0.1) is 0 Å². The van der Waals surface area contributed by atoms with Crippen LogP contribution in [-0.4, -0.2) is 45.0 Å². The monoisotopic (exact) mass is 429 g/mol. The van der Waals surface area contributed by atoms with E-state index < -0.39 is 5.91 Å². The minimum absolute atomic E-state index is 0.213. The van der Waals surface area contributed by atoms with E-state index in [4.69, 9.17) is 0 Å². The Balaban J connectivity index is 1.61. The first kappa shape index (κ1) is 17.0. The molecule has 0 fully saturated rings. The van der Waals surface area contributed by atoms with E-state index in [2.05, 4.69) is 46.4 Å². The molecule has 0 unspecified atom stereocenters. The maximum Gasteiger partial charge on any atom is 0.266 e. The second-order valence-corrected chi connectivity index (χ2v) is 6.30. The van der Waals surface area contributed by atoms with E-state index in [9.17, 15) is 9.59 Å². The molecule has 1 N–H and O–H groups in total. The van der Waals surface area contributed by atoms with Gasteiger partial charge in [0.05, 0.1) is 5.69 Å². The number of aryl methyl sites for hydroxylation is 1. The van der Waals surface area contributed by atoms with Crippen LogP contribution in [-0.2, 0) is 18.4 Å². The number of anilines is 1. The molecule has 0 spiro atoms. The van der Waals surface area contributed by atoms with Gasteiger partial charge < -0.3 is 5.32 Å². The van der Waals surface area contributed by atoms with Gasteiger partial charge >= 0.3 is 0 Å². The summed E-state index contributed by atoms with van der Waals surface area (Å²) in [5.41, 5.74) is 0.514. The highest BCUT2D eigenvalue weighted by Crippen LogP contribution is 2.17. The van der Waals surface area contributed by atoms with Gasteiger partial charge in [0.25, 0.3) is 5.56 Å². The van der Waals surface area contributed by atoms with Crippen LogP contribution >= 0.6 is 15.9 Å². The Bertz CT molecular complexity index is 1200. The van der Waals surface area contributed by atoms with E-state index in [1.807, 2.05) is 0 Å². The molecule has 4 aromatic rings. The quantitative estimate of drug-likeness (QED) is 0.500. The van der Waals surface area contributed by atoms with Crippen LogP contribution in [0.1, 0.15) is 0 Å². The number of aromatic nitrogens is 8. The Morgan fingerprint density at radius 2 is 2.15 bits per heavy atom. The Kier molecular flexibility index (Phi) is 4.24. The number of rotatable bonds is 4. The standard InChI is InChI=1S/C15H12BrN9O2/c1-23-14-11(12(16)22-23)15(27)24(8-19-14)5-10(26)21-9-3-2-4-18-13(9)25-7-17-6-20-25/h2-4,6-8H,5H2,1H3,(H,21,26). The SMILES string of the molecule is Cn1nc(Br)c2c(=O)n(CC(=O)Nc3cccnc3-n3cncn3)cnc21. The van der Waals surface area contributed by atoms with Gasteiger partial charge in [0.2, 0.25) is 5.91 Å². The van der Waals surface area contributed by atoms with E-state index in [0.717, 1.165) is 0 Å². The fourth-order valence-corrected chi connectivity index (χ4v) is 3.17. The van der Waals surface area contributed by atoms with Crippen molar-refractivity contribution < 1.29 is 4.79 Å². The van der Waals surface area contributed by atoms with Crippen molar-refractivity contribution in [3.8, 4) is 5.82 Å². The van der Waals surface area contributed by atoms with E-state index in [0.29, 0.717) is 27.1 Å². The molecule has 0 saturated heterocycles. The highest BCUT2D eigenvalue weighted by atomic mass is 79.9. The van der Waals surface area contributed by atoms with Gasteiger partial charge in [-0.3, -0.25) is 14.2 Å². The molecule has 0 aliphatic carbocycles. The zero-order chi connectivity index (χ0) is 19.0. The zero-order valence-corrected chi connectivity index (χ0v) is 15.5. The van der Waals surface area contributed by atoms with Crippen molar-refractivity contribution in [2.75, 3.05) is 5.32 Å². The second-order valence-electron chi connectivity index (χ2n) is 5.55. The minimum Gasteiger partial charge on any atom is -0.321 e. The normalized spacial score (nSPS) is 11.0. The lowest BCUT2D eigenvalue weighted by atomic mass is 10.3. The molecule has 1 amide bonds. The van der Waals surface area contributed by atoms with Crippen LogP contribution in [0.3, 0.4) is 0 Å². The molecule has 4 heterocycles. The van der Waals surface area contributed by atoms with Gasteiger partial charge in [-0.25, -0.2) is 24.3 Å². The van der Waals surface area contributed by atoms with Gasteiger partial charge in [-0.2, -0.15) is 10.2 Å². The summed E-state index contributed by atoms with van der Waals surface area (Å²) in [6.45, 7) is -0.213. The smallest absolute Gasteiger partial charge is 0.266 e. The Morgan fingerprint density at radius 1 is 1.30 bits per heavy atom. The van der Waals surface area contributed by atoms with Crippen LogP contribution in [0.15, 0.2) is 46.7 Å². The summed E-state index contributed by atoms with van der Waals surface area (Å²) in [7, 11) is 1.69. The second kappa shape index (κ2) is 6.72. The highest BCUT2D eigenvalue weighted by molar-refractivity contribution is 9.10. The molecule has 11 nitrogen and oxygen atoms in total. The third-order valence-corrected chi connectivity index (χ3v) is 4.33. The molecule has 0 atom stereocenters. The molecule has 0 aliphatic heterocycles. The summed E-state index contributed by atoms with van der Waals surface area (Å²) in [6, 6.07) is 3.37. The fraction of sp³-hybridized carbons (Fsp3) is 0.133. The lowest BCUT2D eigenvalue weighted by Crippen LogP contribution is -2.28. The molecule has 0 bridgehead atoms. The topological polar surface area (TPSA) is 125 Å². The summed E-state index contributed by atoms with van der Waals surface area (Å²) in [5, 5.41) is 11.2. The fourth-order valence-electron chi connectivity index (χ4n) is 2.59. The van der Waals surface area contributed by atoms with Crippen molar-refractivity contribution in [3.05, 3.63) is 52.3 Å². The summed E-state index contributed by atoms with van der Waals surface area (Å²) in [6.07, 6.45) is 5.74. The van der Waals surface area contributed by atoms with E-state index in [1.165, 1.54) is 32.9 Å². The predicted octanol–water partition coefficient (Wildman–Crippen LogP) is 0.507. The van der Waals surface area contributed by atoms with Crippen LogP contribution in [0.25, 0.3) is 16.9 Å². The van der Waals surface area contributed by atoms with Crippen molar-refractivity contribution in [1.82, 2.24) is 39.1 Å². The van der Waals surface area contributed by atoms with Crippen molar-refractivity contribution in [1.29, 1.82) is 0 Å². The van der Waals surface area contributed by atoms with Crippen molar-refractivity contribution >= 4 is 38.6 Å². The number of nitrogens with one attached hydrogen (secondary N) is 1. The molecular weight excluding hydrogens is 418 g/mol. The van der Waals surface area contributed by atoms with E-state index in [-0.39, 0.29) is 12.1 Å². The van der Waals surface area contributed by atoms with Gasteiger partial charge in [-0.1, -0.05) is 0 Å². The van der Waals surface area contributed by atoms with Gasteiger partial charge in [-0.15, -0.1) is 0 Å². The number of amides is 1. The summed E-state index contributed by atoms with van der Waals surface area (Å²) in [4.78, 5) is 37.4. The van der Waals surface area contributed by atoms with Gasteiger partial charge in [-0.05, 0) is 28.1 Å². The number of halogens is 1. The zero-order valence-electron chi connectivity index (χ0n) is 13.9. The summed E-state index contributed by atoms with van der Waals surface area (Å²) in [5.74, 6) is 0.00639. The predicted molar refractivity (Wildman–Crippen MR) is 98.3 cm³/mol. The molecule has 4 rings (SSSR count). The number of hydrogen-bond donors (Lipinski definition) is 1. The van der Waals surface area contributed by atoms with Gasteiger partial charge in [0.15, 0.2) is 11.5 Å². The molecule has 4 aromatic heterocycles. The molecule has 12 heteroatoms. The molecule has 136 valence electrons. The number of fused-ring (bicyclic) bond motifs is 1. The average Bonchev–Trinajstić information content (AvgIpc) is 3.26. The number of nitrogens with zero attached hydrogens (tertiary/aromatic N) is 8.